The first-order chi connectivity index (χ1) is 12.3. The van der Waals surface area contributed by atoms with Gasteiger partial charge in [-0.25, -0.2) is 0 Å². The van der Waals surface area contributed by atoms with Crippen LogP contribution >= 0.6 is 0 Å². The lowest BCUT2D eigenvalue weighted by Crippen LogP contribution is -2.65. The van der Waals surface area contributed by atoms with E-state index in [1.165, 1.54) is 0 Å². The standard InChI is InChI=1S/C21H33N3O2/c1-6-13-24(15-19(25)23(4)5)14-8-7-12-18(24)21(26)22-20-16(2)10-9-11-17(20)3/h9-11,18H,6-8,12-15H2,1-5H3/p+1/t18-,24?/m0/s1. The summed E-state index contributed by atoms with van der Waals surface area (Å²) in [6.07, 6.45) is 3.93. The van der Waals surface area contributed by atoms with E-state index < -0.39 is 0 Å². The Morgan fingerprint density at radius 2 is 1.85 bits per heavy atom. The molecular weight excluding hydrogens is 326 g/mol. The molecule has 1 aliphatic rings. The van der Waals surface area contributed by atoms with Crippen LogP contribution in [0.3, 0.4) is 0 Å². The molecule has 1 heterocycles. The minimum Gasteiger partial charge on any atom is -0.344 e. The zero-order valence-electron chi connectivity index (χ0n) is 17.0. The van der Waals surface area contributed by atoms with E-state index in [1.54, 1.807) is 19.0 Å². The third-order valence-electron chi connectivity index (χ3n) is 5.64. The van der Waals surface area contributed by atoms with E-state index in [0.717, 1.165) is 55.6 Å². The first-order valence-corrected chi connectivity index (χ1v) is 9.73. The van der Waals surface area contributed by atoms with E-state index in [1.807, 2.05) is 32.0 Å². The van der Waals surface area contributed by atoms with Crippen LogP contribution < -0.4 is 5.32 Å². The molecule has 2 amide bonds. The van der Waals surface area contributed by atoms with Gasteiger partial charge in [0.25, 0.3) is 11.8 Å². The summed E-state index contributed by atoms with van der Waals surface area (Å²) in [5.74, 6) is 0.160. The molecule has 2 rings (SSSR count). The summed E-state index contributed by atoms with van der Waals surface area (Å²) in [7, 11) is 3.58. The lowest BCUT2D eigenvalue weighted by Gasteiger charge is -2.46. The van der Waals surface area contributed by atoms with Gasteiger partial charge < -0.3 is 14.7 Å². The van der Waals surface area contributed by atoms with Crippen molar-refractivity contribution in [2.45, 2.75) is 52.5 Å². The number of carbonyl (C=O) groups excluding carboxylic acids is 2. The van der Waals surface area contributed by atoms with Crippen LogP contribution in [0, 0.1) is 13.8 Å². The van der Waals surface area contributed by atoms with Crippen LogP contribution in [-0.2, 0) is 9.59 Å². The number of carbonyl (C=O) groups is 2. The highest BCUT2D eigenvalue weighted by Gasteiger charge is 2.45. The Labute approximate surface area is 158 Å². The van der Waals surface area contributed by atoms with Gasteiger partial charge in [-0.3, -0.25) is 9.59 Å². The maximum absolute atomic E-state index is 13.3. The normalized spacial score (nSPS) is 22.7. The van der Waals surface area contributed by atoms with Crippen molar-refractivity contribution in [1.29, 1.82) is 0 Å². The van der Waals surface area contributed by atoms with E-state index in [-0.39, 0.29) is 17.9 Å². The summed E-state index contributed by atoms with van der Waals surface area (Å²) < 4.78 is 0.588. The zero-order chi connectivity index (χ0) is 19.3. The van der Waals surface area contributed by atoms with E-state index in [9.17, 15) is 9.59 Å². The molecule has 1 aliphatic heterocycles. The minimum atomic E-state index is -0.161. The Morgan fingerprint density at radius 3 is 2.42 bits per heavy atom. The van der Waals surface area contributed by atoms with Crippen LogP contribution in [0.5, 0.6) is 0 Å². The molecule has 0 radical (unpaired) electrons. The third-order valence-corrected chi connectivity index (χ3v) is 5.64. The molecule has 5 heteroatoms. The lowest BCUT2D eigenvalue weighted by molar-refractivity contribution is -0.940. The zero-order valence-corrected chi connectivity index (χ0v) is 17.0. The van der Waals surface area contributed by atoms with Crippen LogP contribution in [0.25, 0.3) is 0 Å². The van der Waals surface area contributed by atoms with Crippen LogP contribution in [0.15, 0.2) is 18.2 Å². The van der Waals surface area contributed by atoms with Gasteiger partial charge in [-0.1, -0.05) is 25.1 Å². The van der Waals surface area contributed by atoms with Crippen molar-refractivity contribution in [3.63, 3.8) is 0 Å². The molecule has 2 atom stereocenters. The number of anilines is 1. The maximum Gasteiger partial charge on any atom is 0.282 e. The summed E-state index contributed by atoms with van der Waals surface area (Å²) in [4.78, 5) is 27.4. The number of nitrogens with zero attached hydrogens (tertiary/aromatic N) is 2. The Bertz CT molecular complexity index is 632. The van der Waals surface area contributed by atoms with E-state index in [0.29, 0.717) is 11.0 Å². The van der Waals surface area contributed by atoms with Gasteiger partial charge in [0.2, 0.25) is 0 Å². The summed E-state index contributed by atoms with van der Waals surface area (Å²) in [5.41, 5.74) is 3.07. The molecule has 144 valence electrons. The predicted octanol–water partition coefficient (Wildman–Crippen LogP) is 3.11. The van der Waals surface area contributed by atoms with Gasteiger partial charge >= 0.3 is 0 Å². The SMILES string of the molecule is CCC[N+]1(CC(=O)N(C)C)CCCC[C@H]1C(=O)Nc1c(C)cccc1C. The number of hydrogen-bond donors (Lipinski definition) is 1. The van der Waals surface area contributed by atoms with Crippen LogP contribution in [0.1, 0.15) is 43.7 Å². The predicted molar refractivity (Wildman–Crippen MR) is 106 cm³/mol. The number of likely N-dealkylation sites (tertiary alicyclic amines) is 1. The van der Waals surface area contributed by atoms with E-state index in [2.05, 4.69) is 12.2 Å². The summed E-state index contributed by atoms with van der Waals surface area (Å²) >= 11 is 0. The first kappa shape index (κ1) is 20.4. The average molecular weight is 361 g/mol. The number of likely N-dealkylation sites (N-methyl/N-ethyl adjacent to an activating group) is 1. The molecule has 1 saturated heterocycles. The van der Waals surface area contributed by atoms with Gasteiger partial charge in [-0.2, -0.15) is 0 Å². The van der Waals surface area contributed by atoms with Gasteiger partial charge in [0.05, 0.1) is 13.1 Å². The number of rotatable bonds is 6. The molecule has 0 spiro atoms. The van der Waals surface area contributed by atoms with Gasteiger partial charge in [0, 0.05) is 26.2 Å². The Hall–Kier alpha value is -1.88. The number of aryl methyl sites for hydroxylation is 2. The maximum atomic E-state index is 13.3. The van der Waals surface area contributed by atoms with Gasteiger partial charge in [0.15, 0.2) is 12.6 Å². The monoisotopic (exact) mass is 360 g/mol. The third kappa shape index (κ3) is 4.44. The van der Waals surface area contributed by atoms with Crippen molar-refractivity contribution >= 4 is 17.5 Å². The summed E-state index contributed by atoms with van der Waals surface area (Å²) in [5, 5.41) is 3.18. The largest absolute Gasteiger partial charge is 0.344 e. The number of amides is 2. The van der Waals surface area contributed by atoms with Crippen molar-refractivity contribution in [3.8, 4) is 0 Å². The number of benzene rings is 1. The van der Waals surface area contributed by atoms with Crippen LogP contribution in [0.2, 0.25) is 0 Å². The Morgan fingerprint density at radius 1 is 1.19 bits per heavy atom. The molecule has 0 aromatic heterocycles. The molecule has 26 heavy (non-hydrogen) atoms. The smallest absolute Gasteiger partial charge is 0.282 e. The number of quaternary nitrogens is 1. The number of para-hydroxylation sites is 1. The van der Waals surface area contributed by atoms with Crippen molar-refractivity contribution in [1.82, 2.24) is 4.90 Å². The minimum absolute atomic E-state index is 0.0575. The molecule has 1 N–H and O–H groups in total. The van der Waals surface area contributed by atoms with Crippen molar-refractivity contribution < 1.29 is 14.1 Å². The molecule has 1 fully saturated rings. The second kappa shape index (κ2) is 8.67. The highest BCUT2D eigenvalue weighted by atomic mass is 16.2. The highest BCUT2D eigenvalue weighted by Crippen LogP contribution is 2.29. The topological polar surface area (TPSA) is 49.4 Å². The second-order valence-corrected chi connectivity index (χ2v) is 7.88. The second-order valence-electron chi connectivity index (χ2n) is 7.88. The number of hydrogen-bond acceptors (Lipinski definition) is 2. The summed E-state index contributed by atoms with van der Waals surface area (Å²) in [6, 6.07) is 5.89. The molecule has 1 aromatic carbocycles. The molecular formula is C21H34N3O2+. The molecule has 0 saturated carbocycles. The van der Waals surface area contributed by atoms with E-state index >= 15 is 0 Å². The summed E-state index contributed by atoms with van der Waals surface area (Å²) in [6.45, 7) is 8.35. The van der Waals surface area contributed by atoms with Gasteiger partial charge in [0.1, 0.15) is 0 Å². The van der Waals surface area contributed by atoms with Gasteiger partial charge in [-0.05, 0) is 44.2 Å². The number of piperidine rings is 1. The molecule has 1 unspecified atom stereocenters. The fraction of sp³-hybridized carbons (Fsp3) is 0.619. The van der Waals surface area contributed by atoms with Crippen molar-refractivity contribution in [3.05, 3.63) is 29.3 Å². The Balaban J connectivity index is 2.29. The lowest BCUT2D eigenvalue weighted by atomic mass is 9.96. The fourth-order valence-electron chi connectivity index (χ4n) is 4.18. The van der Waals surface area contributed by atoms with E-state index in [4.69, 9.17) is 0 Å². The molecule has 0 bridgehead atoms. The average Bonchev–Trinajstić information content (AvgIpc) is 2.58. The van der Waals surface area contributed by atoms with Crippen LogP contribution in [-0.4, -0.2) is 61.0 Å². The van der Waals surface area contributed by atoms with Gasteiger partial charge in [-0.15, -0.1) is 0 Å². The Kier molecular flexibility index (Phi) is 6.81. The fourth-order valence-corrected chi connectivity index (χ4v) is 4.18. The number of nitrogens with one attached hydrogen (secondary N) is 1. The highest BCUT2D eigenvalue weighted by molar-refractivity contribution is 5.95. The molecule has 1 aromatic rings. The molecule has 5 nitrogen and oxygen atoms in total. The first-order valence-electron chi connectivity index (χ1n) is 9.73. The van der Waals surface area contributed by atoms with Crippen molar-refractivity contribution in [2.75, 3.05) is 39.0 Å². The quantitative estimate of drug-likeness (QED) is 0.793. The van der Waals surface area contributed by atoms with Crippen molar-refractivity contribution in [2.24, 2.45) is 0 Å². The molecule has 0 aliphatic carbocycles. The van der Waals surface area contributed by atoms with Crippen LogP contribution in [0.4, 0.5) is 5.69 Å².